The summed E-state index contributed by atoms with van der Waals surface area (Å²) in [5.74, 6) is 0.590. The van der Waals surface area contributed by atoms with Gasteiger partial charge in [0.25, 0.3) is 0 Å². The van der Waals surface area contributed by atoms with E-state index in [1.807, 2.05) is 50.3 Å². The predicted molar refractivity (Wildman–Crippen MR) is 206 cm³/mol. The van der Waals surface area contributed by atoms with Crippen molar-refractivity contribution in [2.24, 2.45) is 5.92 Å². The molecule has 0 saturated carbocycles. The Bertz CT molecular complexity index is 1560. The zero-order valence-corrected chi connectivity index (χ0v) is 29.6. The highest BCUT2D eigenvalue weighted by Gasteiger charge is 2.20. The van der Waals surface area contributed by atoms with E-state index in [9.17, 15) is 0 Å². The molecule has 0 unspecified atom stereocenters. The summed E-state index contributed by atoms with van der Waals surface area (Å²) in [6, 6.07) is 19.1. The average molecular weight is 601 g/mol. The fourth-order valence-electron chi connectivity index (χ4n) is 4.27. The van der Waals surface area contributed by atoms with Crippen molar-refractivity contribution in [2.45, 2.75) is 67.9 Å². The van der Waals surface area contributed by atoms with Gasteiger partial charge in [-0.05, 0) is 110 Å². The van der Waals surface area contributed by atoms with Crippen molar-refractivity contribution in [1.29, 1.82) is 0 Å². The summed E-state index contributed by atoms with van der Waals surface area (Å²) in [5, 5.41) is 2.48. The van der Waals surface area contributed by atoms with Gasteiger partial charge in [0, 0.05) is 7.11 Å². The molecule has 0 aromatic heterocycles. The minimum atomic E-state index is 0.0417. The van der Waals surface area contributed by atoms with Gasteiger partial charge in [-0.25, -0.2) is 0 Å². The zero-order chi connectivity index (χ0) is 34.2. The van der Waals surface area contributed by atoms with Crippen LogP contribution in [0.5, 0.6) is 0 Å². The van der Waals surface area contributed by atoms with E-state index in [0.717, 1.165) is 16.7 Å². The van der Waals surface area contributed by atoms with E-state index in [1.54, 1.807) is 7.11 Å². The van der Waals surface area contributed by atoms with Crippen LogP contribution in [0.1, 0.15) is 76.3 Å². The van der Waals surface area contributed by atoms with Gasteiger partial charge in [0.15, 0.2) is 0 Å². The summed E-state index contributed by atoms with van der Waals surface area (Å²) in [7, 11) is 1.75. The Labute approximate surface area is 275 Å². The van der Waals surface area contributed by atoms with Gasteiger partial charge in [0.1, 0.15) is 0 Å². The second kappa shape index (κ2) is 19.2. The van der Waals surface area contributed by atoms with Gasteiger partial charge in [-0.2, -0.15) is 0 Å². The summed E-state index contributed by atoms with van der Waals surface area (Å²) < 4.78 is 5.20. The van der Waals surface area contributed by atoms with Crippen molar-refractivity contribution < 1.29 is 4.74 Å². The number of allylic oxidation sites excluding steroid dienone is 11. The van der Waals surface area contributed by atoms with E-state index >= 15 is 0 Å². The smallest absolute Gasteiger partial charge is 0.0645 e. The Balaban J connectivity index is 0.000000457. The average Bonchev–Trinajstić information content (AvgIpc) is 3.01. The van der Waals surface area contributed by atoms with Gasteiger partial charge in [-0.1, -0.05) is 148 Å². The summed E-state index contributed by atoms with van der Waals surface area (Å²) in [5.41, 5.74) is 10.6. The third-order valence-electron chi connectivity index (χ3n) is 8.09. The van der Waals surface area contributed by atoms with Crippen molar-refractivity contribution in [2.75, 3.05) is 7.11 Å². The molecule has 3 aromatic rings. The number of methoxy groups -OCH3 is 1. The highest BCUT2D eigenvalue weighted by molar-refractivity contribution is 5.95. The molecule has 1 nitrogen and oxygen atoms in total. The molecule has 238 valence electrons. The lowest BCUT2D eigenvalue weighted by Crippen LogP contribution is -2.29. The second-order valence-electron chi connectivity index (χ2n) is 12.1. The molecule has 45 heavy (non-hydrogen) atoms. The lowest BCUT2D eigenvalue weighted by Gasteiger charge is -2.26. The van der Waals surface area contributed by atoms with Gasteiger partial charge in [0.2, 0.25) is 0 Å². The lowest BCUT2D eigenvalue weighted by molar-refractivity contribution is -0.0157. The maximum atomic E-state index is 5.20. The normalized spacial score (nSPS) is 12.1. The van der Waals surface area contributed by atoms with Crippen LogP contribution >= 0.6 is 0 Å². The Morgan fingerprint density at radius 3 is 2.02 bits per heavy atom. The first-order valence-electron chi connectivity index (χ1n) is 15.7. The Hall–Kier alpha value is -4.20. The number of rotatable bonds is 10. The summed E-state index contributed by atoms with van der Waals surface area (Å²) >= 11 is 0. The Morgan fingerprint density at radius 1 is 0.911 bits per heavy atom. The minimum Gasteiger partial charge on any atom is -0.379 e. The SMILES string of the molecule is C=C(C)c1ccc(C)cc1.C=C/C=C\c1c(C)c(/C(C)=C/C(=C)/C(C=C)=C/C=C\C)cc2ccccc12.COC(C)(C)C(C)C. The number of hydrogen-bond acceptors (Lipinski definition) is 1. The molecule has 0 aliphatic carbocycles. The third-order valence-corrected chi connectivity index (χ3v) is 8.09. The molecule has 0 fully saturated rings. The van der Waals surface area contributed by atoms with E-state index in [-0.39, 0.29) is 5.60 Å². The molecular formula is C44H56O. The number of ether oxygens (including phenoxy) is 1. The van der Waals surface area contributed by atoms with Crippen LogP contribution in [0.3, 0.4) is 0 Å². The molecule has 0 spiro atoms. The van der Waals surface area contributed by atoms with Crippen LogP contribution in [0.2, 0.25) is 0 Å². The zero-order valence-electron chi connectivity index (χ0n) is 29.6. The van der Waals surface area contributed by atoms with Crippen molar-refractivity contribution in [3.05, 3.63) is 162 Å². The molecule has 0 N–H and O–H groups in total. The van der Waals surface area contributed by atoms with Crippen LogP contribution in [0.4, 0.5) is 0 Å². The van der Waals surface area contributed by atoms with Gasteiger partial charge >= 0.3 is 0 Å². The van der Waals surface area contributed by atoms with Gasteiger partial charge < -0.3 is 4.74 Å². The van der Waals surface area contributed by atoms with Crippen LogP contribution in [0.25, 0.3) is 28.0 Å². The maximum Gasteiger partial charge on any atom is 0.0645 e. The molecular weight excluding hydrogens is 544 g/mol. The highest BCUT2D eigenvalue weighted by Crippen LogP contribution is 2.32. The summed E-state index contributed by atoms with van der Waals surface area (Å²) in [6.07, 6.45) is 16.0. The molecule has 0 heterocycles. The number of benzene rings is 3. The Kier molecular flexibility index (Phi) is 16.6. The predicted octanol–water partition coefficient (Wildman–Crippen LogP) is 13.1. The van der Waals surface area contributed by atoms with Crippen LogP contribution in [0.15, 0.2) is 135 Å². The molecule has 0 saturated heterocycles. The first-order valence-corrected chi connectivity index (χ1v) is 15.7. The van der Waals surface area contributed by atoms with Crippen LogP contribution in [-0.4, -0.2) is 12.7 Å². The third kappa shape index (κ3) is 12.4. The molecule has 3 aromatic carbocycles. The maximum absolute atomic E-state index is 5.20. The minimum absolute atomic E-state index is 0.0417. The first kappa shape index (κ1) is 38.8. The number of fused-ring (bicyclic) bond motifs is 1. The van der Waals surface area contributed by atoms with E-state index < -0.39 is 0 Å². The molecule has 0 amide bonds. The lowest BCUT2D eigenvalue weighted by atomic mass is 9.90. The van der Waals surface area contributed by atoms with Crippen LogP contribution < -0.4 is 0 Å². The summed E-state index contributed by atoms with van der Waals surface area (Å²) in [4.78, 5) is 0. The molecule has 0 atom stereocenters. The van der Waals surface area contributed by atoms with Crippen molar-refractivity contribution in [3.63, 3.8) is 0 Å². The van der Waals surface area contributed by atoms with Crippen molar-refractivity contribution in [1.82, 2.24) is 0 Å². The van der Waals surface area contributed by atoms with Crippen LogP contribution in [0, 0.1) is 19.8 Å². The Morgan fingerprint density at radius 2 is 1.53 bits per heavy atom. The van der Waals surface area contributed by atoms with E-state index in [2.05, 4.69) is 142 Å². The van der Waals surface area contributed by atoms with Gasteiger partial charge in [0.05, 0.1) is 5.60 Å². The fourth-order valence-corrected chi connectivity index (χ4v) is 4.27. The molecule has 0 radical (unpaired) electrons. The molecule has 0 bridgehead atoms. The standard InChI is InChI=1S/C27H28.C10H12.C7H16O/c1-7-10-14-23(9-3)20(4)18-21(5)27-19-24-15-12-13-17-26(24)25(22(27)6)16-11-8-2;1-8(2)10-6-4-9(3)5-7-10;1-6(2)7(3,4)8-5/h7-19H,2-4H2,1,5-6H3;4-7H,1H2,2-3H3;6H,1-5H3/b10-7-,16-11-,21-18+,23-14+;;. The van der Waals surface area contributed by atoms with E-state index in [0.29, 0.717) is 5.92 Å². The molecule has 0 aliphatic rings. The number of hydrogen-bond donors (Lipinski definition) is 0. The molecule has 0 aliphatic heterocycles. The molecule has 1 heteroatoms. The van der Waals surface area contributed by atoms with Crippen molar-refractivity contribution >= 4 is 28.0 Å². The topological polar surface area (TPSA) is 9.23 Å². The first-order chi connectivity index (χ1) is 21.2. The summed E-state index contributed by atoms with van der Waals surface area (Å²) in [6.45, 7) is 34.7. The van der Waals surface area contributed by atoms with E-state index in [1.165, 1.54) is 44.2 Å². The molecule has 3 rings (SSSR count). The highest BCUT2D eigenvalue weighted by atomic mass is 16.5. The second-order valence-corrected chi connectivity index (χ2v) is 12.1. The van der Waals surface area contributed by atoms with Gasteiger partial charge in [-0.3, -0.25) is 0 Å². The van der Waals surface area contributed by atoms with E-state index in [4.69, 9.17) is 4.74 Å². The van der Waals surface area contributed by atoms with Crippen LogP contribution in [-0.2, 0) is 4.74 Å². The number of aryl methyl sites for hydroxylation is 1. The monoisotopic (exact) mass is 600 g/mol. The fraction of sp³-hybridized carbons (Fsp3) is 0.273. The van der Waals surface area contributed by atoms with Crippen molar-refractivity contribution in [3.8, 4) is 0 Å². The van der Waals surface area contributed by atoms with Gasteiger partial charge in [-0.15, -0.1) is 0 Å². The largest absolute Gasteiger partial charge is 0.379 e. The quantitative estimate of drug-likeness (QED) is 0.210.